The zero-order chi connectivity index (χ0) is 14.3. The van der Waals surface area contributed by atoms with Gasteiger partial charge in [0.15, 0.2) is 23.0 Å². The van der Waals surface area contributed by atoms with E-state index in [1.807, 2.05) is 0 Å². The van der Waals surface area contributed by atoms with Crippen molar-refractivity contribution in [3.8, 4) is 34.1 Å². The molecule has 4 N–H and O–H groups in total. The van der Waals surface area contributed by atoms with Crippen molar-refractivity contribution in [2.24, 2.45) is 0 Å². The Labute approximate surface area is 133 Å². The van der Waals surface area contributed by atoms with Crippen LogP contribution < -0.4 is 0 Å². The molecule has 0 bridgehead atoms. The van der Waals surface area contributed by atoms with Gasteiger partial charge in [0.2, 0.25) is 0 Å². The van der Waals surface area contributed by atoms with Crippen LogP contribution in [0.5, 0.6) is 23.0 Å². The molecule has 100 valence electrons. The van der Waals surface area contributed by atoms with Crippen LogP contribution in [0.4, 0.5) is 0 Å². The Bertz CT molecular complexity index is 671. The Morgan fingerprint density at radius 2 is 1.16 bits per heavy atom. The summed E-state index contributed by atoms with van der Waals surface area (Å²) < 4.78 is 1.33. The average molecular weight is 455 g/mol. The van der Waals surface area contributed by atoms with E-state index >= 15 is 0 Å². The minimum absolute atomic E-state index is 0.256. The van der Waals surface area contributed by atoms with Gasteiger partial charge in [-0.2, -0.15) is 0 Å². The summed E-state index contributed by atoms with van der Waals surface area (Å²) in [6.07, 6.45) is 0. The maximum Gasteiger partial charge on any atom is 0.173 e. The summed E-state index contributed by atoms with van der Waals surface area (Å²) in [4.78, 5) is 0. The number of phenolic OH excluding ortho intramolecular Hbond substituents is 4. The second-order valence-electron chi connectivity index (χ2n) is 3.74. The standard InChI is InChI=1S/C12H7Br3O4/c13-6-3-8(17)7(16)1-4(6)5-2-9(18)12(19)11(15)10(5)14/h1-3,16-19H. The van der Waals surface area contributed by atoms with E-state index in [1.165, 1.54) is 18.2 Å². The largest absolute Gasteiger partial charge is 0.504 e. The van der Waals surface area contributed by atoms with Gasteiger partial charge in [-0.05, 0) is 50.1 Å². The first-order valence-electron chi connectivity index (χ1n) is 4.94. The van der Waals surface area contributed by atoms with Crippen LogP contribution in [0.2, 0.25) is 0 Å². The lowest BCUT2D eigenvalue weighted by Crippen LogP contribution is -1.85. The molecule has 0 spiro atoms. The smallest absolute Gasteiger partial charge is 0.173 e. The van der Waals surface area contributed by atoms with Gasteiger partial charge in [-0.15, -0.1) is 0 Å². The van der Waals surface area contributed by atoms with Crippen LogP contribution in [0.25, 0.3) is 11.1 Å². The van der Waals surface area contributed by atoms with Crippen molar-refractivity contribution in [3.63, 3.8) is 0 Å². The lowest BCUT2D eigenvalue weighted by Gasteiger charge is -2.12. The van der Waals surface area contributed by atoms with Crippen molar-refractivity contribution in [1.29, 1.82) is 0 Å². The van der Waals surface area contributed by atoms with Gasteiger partial charge >= 0.3 is 0 Å². The number of aromatic hydroxyl groups is 4. The van der Waals surface area contributed by atoms with E-state index in [2.05, 4.69) is 47.8 Å². The molecule has 19 heavy (non-hydrogen) atoms. The molecule has 2 aromatic carbocycles. The van der Waals surface area contributed by atoms with Crippen LogP contribution in [0.15, 0.2) is 31.6 Å². The number of hydrogen-bond donors (Lipinski definition) is 4. The van der Waals surface area contributed by atoms with Crippen LogP contribution in [-0.4, -0.2) is 20.4 Å². The third kappa shape index (κ3) is 2.54. The van der Waals surface area contributed by atoms with Crippen molar-refractivity contribution in [2.75, 3.05) is 0 Å². The van der Waals surface area contributed by atoms with E-state index in [1.54, 1.807) is 0 Å². The van der Waals surface area contributed by atoms with Crippen LogP contribution in [0.1, 0.15) is 0 Å². The molecule has 0 atom stereocenters. The molecule has 2 rings (SSSR count). The van der Waals surface area contributed by atoms with E-state index in [-0.39, 0.29) is 23.0 Å². The van der Waals surface area contributed by atoms with Crippen LogP contribution in [-0.2, 0) is 0 Å². The Hall–Kier alpha value is -0.920. The van der Waals surface area contributed by atoms with Crippen molar-refractivity contribution < 1.29 is 20.4 Å². The molecule has 2 aromatic rings. The Kier molecular flexibility index (Phi) is 3.98. The summed E-state index contributed by atoms with van der Waals surface area (Å²) in [5, 5.41) is 38.2. The molecule has 0 heterocycles. The Morgan fingerprint density at radius 3 is 1.79 bits per heavy atom. The topological polar surface area (TPSA) is 80.9 Å². The molecule has 0 saturated heterocycles. The molecule has 0 fully saturated rings. The number of benzene rings is 2. The zero-order valence-corrected chi connectivity index (χ0v) is 13.9. The predicted octanol–water partition coefficient (Wildman–Crippen LogP) is 4.46. The molecule has 0 amide bonds. The van der Waals surface area contributed by atoms with Crippen LogP contribution >= 0.6 is 47.8 Å². The van der Waals surface area contributed by atoms with Crippen molar-refractivity contribution in [2.45, 2.75) is 0 Å². The van der Waals surface area contributed by atoms with Gasteiger partial charge in [-0.25, -0.2) is 0 Å². The highest BCUT2D eigenvalue weighted by Crippen LogP contribution is 2.47. The molecule has 4 nitrogen and oxygen atoms in total. The molecule has 0 aliphatic carbocycles. The molecule has 0 radical (unpaired) electrons. The van der Waals surface area contributed by atoms with Crippen molar-refractivity contribution in [1.82, 2.24) is 0 Å². The summed E-state index contributed by atoms with van der Waals surface area (Å²) in [6, 6.07) is 4.04. The van der Waals surface area contributed by atoms with Gasteiger partial charge < -0.3 is 20.4 Å². The normalized spacial score (nSPS) is 10.7. The van der Waals surface area contributed by atoms with Gasteiger partial charge in [-0.1, -0.05) is 15.9 Å². The quantitative estimate of drug-likeness (QED) is 0.479. The monoisotopic (exact) mass is 452 g/mol. The zero-order valence-electron chi connectivity index (χ0n) is 9.15. The fourth-order valence-electron chi connectivity index (χ4n) is 1.56. The lowest BCUT2D eigenvalue weighted by atomic mass is 10.0. The van der Waals surface area contributed by atoms with Gasteiger partial charge in [0.25, 0.3) is 0 Å². The van der Waals surface area contributed by atoms with Crippen LogP contribution in [0.3, 0.4) is 0 Å². The highest BCUT2D eigenvalue weighted by molar-refractivity contribution is 9.13. The minimum atomic E-state index is -0.301. The van der Waals surface area contributed by atoms with Gasteiger partial charge in [-0.3, -0.25) is 0 Å². The third-order valence-corrected chi connectivity index (χ3v) is 5.30. The molecule has 0 unspecified atom stereocenters. The predicted molar refractivity (Wildman–Crippen MR) is 81.6 cm³/mol. The first-order chi connectivity index (χ1) is 8.82. The fraction of sp³-hybridized carbons (Fsp3) is 0. The summed E-state index contributed by atoms with van der Waals surface area (Å²) in [7, 11) is 0. The number of rotatable bonds is 1. The number of hydrogen-bond acceptors (Lipinski definition) is 4. The Morgan fingerprint density at radius 1 is 0.632 bits per heavy atom. The summed E-state index contributed by atoms with van der Waals surface area (Å²) >= 11 is 9.72. The molecular weight excluding hydrogens is 448 g/mol. The SMILES string of the molecule is Oc1cc(Br)c(-c2cc(O)c(O)c(Br)c2Br)cc1O. The first-order valence-corrected chi connectivity index (χ1v) is 7.32. The summed E-state index contributed by atoms with van der Waals surface area (Å²) in [5.74, 6) is -1.12. The maximum absolute atomic E-state index is 9.65. The summed E-state index contributed by atoms with van der Waals surface area (Å²) in [5.41, 5.74) is 1.07. The molecule has 0 aliphatic rings. The molecule has 7 heteroatoms. The van der Waals surface area contributed by atoms with E-state index in [9.17, 15) is 20.4 Å². The summed E-state index contributed by atoms with van der Waals surface area (Å²) in [6.45, 7) is 0. The second kappa shape index (κ2) is 5.22. The lowest BCUT2D eigenvalue weighted by molar-refractivity contribution is 0.401. The average Bonchev–Trinajstić information content (AvgIpc) is 2.36. The van der Waals surface area contributed by atoms with Gasteiger partial charge in [0.1, 0.15) is 0 Å². The third-order valence-electron chi connectivity index (χ3n) is 2.52. The van der Waals surface area contributed by atoms with Gasteiger partial charge in [0.05, 0.1) is 4.47 Å². The highest BCUT2D eigenvalue weighted by Gasteiger charge is 2.18. The van der Waals surface area contributed by atoms with Crippen LogP contribution in [0, 0.1) is 0 Å². The first kappa shape index (κ1) is 14.5. The Balaban J connectivity index is 2.76. The molecule has 0 aliphatic heterocycles. The minimum Gasteiger partial charge on any atom is -0.504 e. The van der Waals surface area contributed by atoms with Crippen molar-refractivity contribution in [3.05, 3.63) is 31.6 Å². The maximum atomic E-state index is 9.65. The molecular formula is C12H7Br3O4. The van der Waals surface area contributed by atoms with Gasteiger partial charge in [0, 0.05) is 20.1 Å². The van der Waals surface area contributed by atoms with E-state index in [4.69, 9.17) is 0 Å². The molecule has 0 saturated carbocycles. The molecule has 0 aromatic heterocycles. The van der Waals surface area contributed by atoms with E-state index in [0.29, 0.717) is 24.5 Å². The van der Waals surface area contributed by atoms with Crippen molar-refractivity contribution >= 4 is 47.8 Å². The highest BCUT2D eigenvalue weighted by atomic mass is 79.9. The number of halogens is 3. The van der Waals surface area contributed by atoms with E-state index in [0.717, 1.165) is 0 Å². The second-order valence-corrected chi connectivity index (χ2v) is 6.18. The van der Waals surface area contributed by atoms with E-state index < -0.39 is 0 Å². The fourth-order valence-corrected chi connectivity index (χ4v) is 3.03. The number of phenols is 4.